The predicted octanol–water partition coefficient (Wildman–Crippen LogP) is 4.53. The summed E-state index contributed by atoms with van der Waals surface area (Å²) in [5.41, 5.74) is 7.19. The number of amides is 1. The summed E-state index contributed by atoms with van der Waals surface area (Å²) in [6.45, 7) is 6.37. The van der Waals surface area contributed by atoms with E-state index in [4.69, 9.17) is 0 Å². The maximum absolute atomic E-state index is 12.3. The molecule has 0 saturated heterocycles. The molecule has 25 heavy (non-hydrogen) atoms. The summed E-state index contributed by atoms with van der Waals surface area (Å²) in [6.07, 6.45) is 1.99. The molecule has 1 aliphatic rings. The Morgan fingerprint density at radius 2 is 1.80 bits per heavy atom. The van der Waals surface area contributed by atoms with Gasteiger partial charge in [-0.2, -0.15) is 5.10 Å². The number of nitrogens with one attached hydrogen (secondary N) is 1. The van der Waals surface area contributed by atoms with Crippen LogP contribution in [0.5, 0.6) is 0 Å². The Balaban J connectivity index is 1.56. The summed E-state index contributed by atoms with van der Waals surface area (Å²) >= 11 is 0. The number of benzene rings is 2. The molecule has 0 aliphatic heterocycles. The molecule has 130 valence electrons. The second kappa shape index (κ2) is 7.64. The number of nitrogens with zero attached hydrogens (tertiary/aromatic N) is 1. The lowest BCUT2D eigenvalue weighted by atomic mass is 10.0. The van der Waals surface area contributed by atoms with Gasteiger partial charge in [-0.1, -0.05) is 68.4 Å². The van der Waals surface area contributed by atoms with Gasteiger partial charge in [0.15, 0.2) is 0 Å². The van der Waals surface area contributed by atoms with Crippen LogP contribution in [0.1, 0.15) is 49.8 Å². The molecule has 1 fully saturated rings. The molecule has 1 amide bonds. The topological polar surface area (TPSA) is 41.5 Å². The van der Waals surface area contributed by atoms with Crippen LogP contribution >= 0.6 is 0 Å². The second-order valence-electron chi connectivity index (χ2n) is 7.33. The van der Waals surface area contributed by atoms with Crippen molar-refractivity contribution in [2.75, 3.05) is 0 Å². The number of hydrogen-bond donors (Lipinski definition) is 1. The van der Waals surface area contributed by atoms with Crippen LogP contribution < -0.4 is 5.43 Å². The molecule has 3 nitrogen and oxygen atoms in total. The smallest absolute Gasteiger partial charge is 0.243 e. The minimum Gasteiger partial charge on any atom is -0.273 e. The number of carbonyl (C=O) groups excluding carboxylic acids is 1. The quantitative estimate of drug-likeness (QED) is 0.612. The van der Waals surface area contributed by atoms with Crippen molar-refractivity contribution in [2.24, 2.45) is 16.9 Å². The molecule has 0 radical (unpaired) electrons. The van der Waals surface area contributed by atoms with E-state index in [0.29, 0.717) is 11.8 Å². The summed E-state index contributed by atoms with van der Waals surface area (Å²) in [4.78, 5) is 12.3. The summed E-state index contributed by atoms with van der Waals surface area (Å²) < 4.78 is 0. The highest BCUT2D eigenvalue weighted by Gasteiger charge is 2.43. The molecule has 1 saturated carbocycles. The van der Waals surface area contributed by atoms with Crippen molar-refractivity contribution in [3.8, 4) is 0 Å². The van der Waals surface area contributed by atoms with Gasteiger partial charge in [-0.3, -0.25) is 4.79 Å². The number of hydrogen-bond acceptors (Lipinski definition) is 2. The van der Waals surface area contributed by atoms with Crippen LogP contribution in [0.2, 0.25) is 0 Å². The molecule has 0 aromatic heterocycles. The minimum atomic E-state index is 0.0182. The van der Waals surface area contributed by atoms with Crippen LogP contribution in [0, 0.1) is 11.8 Å². The summed E-state index contributed by atoms with van der Waals surface area (Å²) in [5, 5.41) is 4.29. The van der Waals surface area contributed by atoms with E-state index in [1.165, 1.54) is 11.1 Å². The number of rotatable bonds is 6. The van der Waals surface area contributed by atoms with Crippen LogP contribution in [-0.4, -0.2) is 11.6 Å². The predicted molar refractivity (Wildman–Crippen MR) is 103 cm³/mol. The molecular formula is C22H26N2O. The van der Waals surface area contributed by atoms with Crippen molar-refractivity contribution in [1.29, 1.82) is 0 Å². The SMILES string of the molecule is CC(=NNC(=O)C1CC1c1ccccc1)c1ccc(CC(C)C)cc1. The second-order valence-corrected chi connectivity index (χ2v) is 7.33. The van der Waals surface area contributed by atoms with Gasteiger partial charge in [0, 0.05) is 5.92 Å². The zero-order chi connectivity index (χ0) is 17.8. The Kier molecular flexibility index (Phi) is 5.32. The minimum absolute atomic E-state index is 0.0182. The lowest BCUT2D eigenvalue weighted by Crippen LogP contribution is -2.21. The summed E-state index contributed by atoms with van der Waals surface area (Å²) in [7, 11) is 0. The molecular weight excluding hydrogens is 308 g/mol. The van der Waals surface area contributed by atoms with Crippen LogP contribution in [-0.2, 0) is 11.2 Å². The Labute approximate surface area is 150 Å². The first-order chi connectivity index (χ1) is 12.0. The highest BCUT2D eigenvalue weighted by molar-refractivity contribution is 5.99. The van der Waals surface area contributed by atoms with E-state index in [9.17, 15) is 4.79 Å². The van der Waals surface area contributed by atoms with Crippen LogP contribution in [0.4, 0.5) is 0 Å². The molecule has 1 N–H and O–H groups in total. The van der Waals surface area contributed by atoms with Crippen LogP contribution in [0.3, 0.4) is 0 Å². The van der Waals surface area contributed by atoms with E-state index in [-0.39, 0.29) is 11.8 Å². The average molecular weight is 334 g/mol. The molecule has 2 aromatic carbocycles. The van der Waals surface area contributed by atoms with Crippen molar-refractivity contribution >= 4 is 11.6 Å². The van der Waals surface area contributed by atoms with E-state index in [1.807, 2.05) is 25.1 Å². The third-order valence-electron chi connectivity index (χ3n) is 4.70. The fourth-order valence-electron chi connectivity index (χ4n) is 3.19. The Bertz CT molecular complexity index is 747. The first kappa shape index (κ1) is 17.4. The van der Waals surface area contributed by atoms with E-state index >= 15 is 0 Å². The van der Waals surface area contributed by atoms with Gasteiger partial charge in [-0.15, -0.1) is 0 Å². The maximum Gasteiger partial charge on any atom is 0.243 e. The number of carbonyl (C=O) groups is 1. The Morgan fingerprint density at radius 1 is 1.12 bits per heavy atom. The Hall–Kier alpha value is -2.42. The van der Waals surface area contributed by atoms with Gasteiger partial charge < -0.3 is 0 Å². The summed E-state index contributed by atoms with van der Waals surface area (Å²) in [5.74, 6) is 1.06. The highest BCUT2D eigenvalue weighted by atomic mass is 16.2. The normalized spacial score (nSPS) is 19.8. The molecule has 2 atom stereocenters. The fourth-order valence-corrected chi connectivity index (χ4v) is 3.19. The molecule has 0 spiro atoms. The zero-order valence-electron chi connectivity index (χ0n) is 15.2. The van der Waals surface area contributed by atoms with Gasteiger partial charge in [0.25, 0.3) is 0 Å². The zero-order valence-corrected chi connectivity index (χ0v) is 15.2. The highest BCUT2D eigenvalue weighted by Crippen LogP contribution is 2.47. The van der Waals surface area contributed by atoms with Gasteiger partial charge in [0.05, 0.1) is 5.71 Å². The van der Waals surface area contributed by atoms with Crippen LogP contribution in [0.25, 0.3) is 0 Å². The van der Waals surface area contributed by atoms with Crippen molar-refractivity contribution < 1.29 is 4.79 Å². The molecule has 3 heteroatoms. The first-order valence-electron chi connectivity index (χ1n) is 9.03. The van der Waals surface area contributed by atoms with Crippen molar-refractivity contribution in [2.45, 2.75) is 39.5 Å². The van der Waals surface area contributed by atoms with Gasteiger partial charge in [-0.05, 0) is 48.3 Å². The fraction of sp³-hybridized carbons (Fsp3) is 0.364. The molecule has 3 rings (SSSR count). The maximum atomic E-state index is 12.3. The molecule has 2 unspecified atom stereocenters. The van der Waals surface area contributed by atoms with Crippen LogP contribution in [0.15, 0.2) is 59.7 Å². The van der Waals surface area contributed by atoms with Crippen molar-refractivity contribution in [3.05, 3.63) is 71.3 Å². The van der Waals surface area contributed by atoms with E-state index < -0.39 is 0 Å². The van der Waals surface area contributed by atoms with E-state index in [2.05, 4.69) is 60.8 Å². The van der Waals surface area contributed by atoms with E-state index in [0.717, 1.165) is 24.1 Å². The lowest BCUT2D eigenvalue weighted by Gasteiger charge is -2.07. The van der Waals surface area contributed by atoms with Gasteiger partial charge in [0.2, 0.25) is 5.91 Å². The van der Waals surface area contributed by atoms with Crippen molar-refractivity contribution in [1.82, 2.24) is 5.43 Å². The third-order valence-corrected chi connectivity index (χ3v) is 4.70. The molecule has 0 bridgehead atoms. The average Bonchev–Trinajstić information content (AvgIpc) is 3.41. The van der Waals surface area contributed by atoms with Gasteiger partial charge in [0.1, 0.15) is 0 Å². The lowest BCUT2D eigenvalue weighted by molar-refractivity contribution is -0.122. The number of hydrazone groups is 1. The van der Waals surface area contributed by atoms with Gasteiger partial charge >= 0.3 is 0 Å². The monoisotopic (exact) mass is 334 g/mol. The van der Waals surface area contributed by atoms with Crippen molar-refractivity contribution in [3.63, 3.8) is 0 Å². The molecule has 0 heterocycles. The first-order valence-corrected chi connectivity index (χ1v) is 9.03. The largest absolute Gasteiger partial charge is 0.273 e. The summed E-state index contributed by atoms with van der Waals surface area (Å²) in [6, 6.07) is 18.7. The molecule has 1 aliphatic carbocycles. The van der Waals surface area contributed by atoms with E-state index in [1.54, 1.807) is 0 Å². The third kappa shape index (κ3) is 4.56. The molecule has 2 aromatic rings. The van der Waals surface area contributed by atoms with Gasteiger partial charge in [-0.25, -0.2) is 5.43 Å². The Morgan fingerprint density at radius 3 is 2.44 bits per heavy atom. The standard InChI is InChI=1S/C22H26N2O/c1-15(2)13-17-9-11-18(12-10-17)16(3)23-24-22(25)21-14-20(21)19-7-5-4-6-8-19/h4-12,15,20-21H,13-14H2,1-3H3,(H,24,25).